The number of hydrogen-bond acceptors (Lipinski definition) is 5. The second-order valence-electron chi connectivity index (χ2n) is 7.32. The lowest BCUT2D eigenvalue weighted by atomic mass is 10.0. The molecule has 1 aromatic heterocycles. The third kappa shape index (κ3) is 4.25. The highest BCUT2D eigenvalue weighted by molar-refractivity contribution is 7.13. The number of aromatic nitrogens is 1. The third-order valence-electron chi connectivity index (χ3n) is 5.37. The number of hydrogen-bond donors (Lipinski definition) is 2. The van der Waals surface area contributed by atoms with E-state index in [0.717, 1.165) is 28.1 Å². The zero-order chi connectivity index (χ0) is 20.3. The largest absolute Gasteiger partial charge is 0.348 e. The van der Waals surface area contributed by atoms with E-state index in [4.69, 9.17) is 5.73 Å². The van der Waals surface area contributed by atoms with Crippen LogP contribution in [0.4, 0.5) is 0 Å². The van der Waals surface area contributed by atoms with Gasteiger partial charge in [-0.1, -0.05) is 31.2 Å². The summed E-state index contributed by atoms with van der Waals surface area (Å²) < 4.78 is 0. The fourth-order valence-electron chi connectivity index (χ4n) is 3.59. The molecule has 2 heterocycles. The van der Waals surface area contributed by atoms with Crippen molar-refractivity contribution in [2.24, 2.45) is 5.73 Å². The van der Waals surface area contributed by atoms with E-state index in [1.807, 2.05) is 38.4 Å². The molecule has 1 aromatic carbocycles. The van der Waals surface area contributed by atoms with Crippen molar-refractivity contribution in [2.75, 3.05) is 6.54 Å². The molecule has 0 saturated carbocycles. The van der Waals surface area contributed by atoms with Gasteiger partial charge in [0.1, 0.15) is 6.04 Å². The third-order valence-corrected chi connectivity index (χ3v) is 6.35. The number of carbonyl (C=O) groups is 2. The van der Waals surface area contributed by atoms with E-state index in [0.29, 0.717) is 19.4 Å². The van der Waals surface area contributed by atoms with E-state index in [2.05, 4.69) is 22.4 Å². The topological polar surface area (TPSA) is 88.3 Å². The quantitative estimate of drug-likeness (QED) is 0.780. The van der Waals surface area contributed by atoms with Crippen LogP contribution in [0.3, 0.4) is 0 Å². The Morgan fingerprint density at radius 3 is 2.68 bits per heavy atom. The van der Waals surface area contributed by atoms with Crippen LogP contribution < -0.4 is 11.1 Å². The highest BCUT2D eigenvalue weighted by atomic mass is 32.1. The highest BCUT2D eigenvalue weighted by Gasteiger charge is 2.36. The molecule has 2 aromatic rings. The maximum Gasteiger partial charge on any atom is 0.243 e. The fourth-order valence-corrected chi connectivity index (χ4v) is 4.40. The van der Waals surface area contributed by atoms with Gasteiger partial charge in [0.25, 0.3) is 0 Å². The molecule has 2 amide bonds. The van der Waals surface area contributed by atoms with Crippen LogP contribution in [0.5, 0.6) is 0 Å². The van der Waals surface area contributed by atoms with Gasteiger partial charge in [-0.2, -0.15) is 0 Å². The smallest absolute Gasteiger partial charge is 0.243 e. The molecule has 3 N–H and O–H groups in total. The van der Waals surface area contributed by atoms with Gasteiger partial charge in [-0.3, -0.25) is 9.59 Å². The summed E-state index contributed by atoms with van der Waals surface area (Å²) in [7, 11) is 0. The Hall–Kier alpha value is -2.25. The molecule has 0 radical (unpaired) electrons. The van der Waals surface area contributed by atoms with Crippen molar-refractivity contribution >= 4 is 23.2 Å². The maximum absolute atomic E-state index is 12.8. The van der Waals surface area contributed by atoms with Gasteiger partial charge in [-0.25, -0.2) is 4.98 Å². The van der Waals surface area contributed by atoms with E-state index in [1.165, 1.54) is 0 Å². The Morgan fingerprint density at radius 2 is 2.07 bits per heavy atom. The molecule has 3 unspecified atom stereocenters. The van der Waals surface area contributed by atoms with Gasteiger partial charge in [0.05, 0.1) is 28.2 Å². The van der Waals surface area contributed by atoms with E-state index >= 15 is 0 Å². The lowest BCUT2D eigenvalue weighted by Crippen LogP contribution is -2.51. The molecule has 0 aliphatic carbocycles. The fraction of sp³-hybridized carbons (Fsp3) is 0.476. The number of aryl methyl sites for hydroxylation is 1. The first-order valence-electron chi connectivity index (χ1n) is 9.79. The number of nitrogens with one attached hydrogen (secondary N) is 1. The number of amides is 2. The molecule has 1 aliphatic rings. The number of benzene rings is 1. The molecule has 0 bridgehead atoms. The van der Waals surface area contributed by atoms with Gasteiger partial charge < -0.3 is 16.0 Å². The number of carbonyl (C=O) groups excluding carboxylic acids is 2. The van der Waals surface area contributed by atoms with Crippen molar-refractivity contribution in [3.63, 3.8) is 0 Å². The minimum Gasteiger partial charge on any atom is -0.348 e. The summed E-state index contributed by atoms with van der Waals surface area (Å²) in [5.41, 5.74) is 10.9. The van der Waals surface area contributed by atoms with Crippen molar-refractivity contribution < 1.29 is 9.59 Å². The van der Waals surface area contributed by atoms with Crippen LogP contribution >= 0.6 is 11.3 Å². The van der Waals surface area contributed by atoms with Crippen LogP contribution in [0.25, 0.3) is 10.4 Å². The summed E-state index contributed by atoms with van der Waals surface area (Å²) in [4.78, 5) is 32.3. The lowest BCUT2D eigenvalue weighted by Gasteiger charge is -2.27. The maximum atomic E-state index is 12.8. The van der Waals surface area contributed by atoms with E-state index < -0.39 is 12.1 Å². The highest BCUT2D eigenvalue weighted by Crippen LogP contribution is 2.28. The summed E-state index contributed by atoms with van der Waals surface area (Å²) in [5, 5.41) is 3.06. The summed E-state index contributed by atoms with van der Waals surface area (Å²) in [6.07, 6.45) is 2.09. The average molecular weight is 401 g/mol. The van der Waals surface area contributed by atoms with Crippen LogP contribution in [0.15, 0.2) is 29.8 Å². The number of thiazole rings is 1. The molecular formula is C21H28N4O2S. The molecule has 7 heteroatoms. The Balaban J connectivity index is 1.65. The van der Waals surface area contributed by atoms with Crippen molar-refractivity contribution in [3.8, 4) is 10.4 Å². The Morgan fingerprint density at radius 1 is 1.36 bits per heavy atom. The normalized spacial score (nSPS) is 18.7. The predicted molar refractivity (Wildman–Crippen MR) is 112 cm³/mol. The van der Waals surface area contributed by atoms with E-state index in [-0.39, 0.29) is 17.9 Å². The second-order valence-corrected chi connectivity index (χ2v) is 8.18. The van der Waals surface area contributed by atoms with Gasteiger partial charge in [0, 0.05) is 6.54 Å². The number of rotatable bonds is 6. The average Bonchev–Trinajstić information content (AvgIpc) is 3.36. The summed E-state index contributed by atoms with van der Waals surface area (Å²) in [6.45, 7) is 6.44. The molecule has 1 aliphatic heterocycles. The Kier molecular flexibility index (Phi) is 6.46. The van der Waals surface area contributed by atoms with Gasteiger partial charge in [-0.05, 0) is 44.2 Å². The summed E-state index contributed by atoms with van der Waals surface area (Å²) >= 11 is 1.62. The van der Waals surface area contributed by atoms with Crippen LogP contribution in [0.1, 0.15) is 50.4 Å². The molecule has 6 nitrogen and oxygen atoms in total. The second kappa shape index (κ2) is 8.84. The molecular weight excluding hydrogens is 372 g/mol. The van der Waals surface area contributed by atoms with Crippen molar-refractivity contribution in [1.29, 1.82) is 0 Å². The first kappa shape index (κ1) is 20.5. The SMILES string of the molecule is CCC(N)C(=O)N1CCCC1C(=O)NC(C)c1ccc(-c2scnc2C)cc1. The summed E-state index contributed by atoms with van der Waals surface area (Å²) in [6, 6.07) is 7.09. The summed E-state index contributed by atoms with van der Waals surface area (Å²) in [5.74, 6) is -0.235. The number of nitrogens with zero attached hydrogens (tertiary/aromatic N) is 2. The van der Waals surface area contributed by atoms with Gasteiger partial charge in [0.15, 0.2) is 0 Å². The number of likely N-dealkylation sites (tertiary alicyclic amines) is 1. The van der Waals surface area contributed by atoms with Gasteiger partial charge in [-0.15, -0.1) is 11.3 Å². The van der Waals surface area contributed by atoms with E-state index in [1.54, 1.807) is 16.2 Å². The zero-order valence-electron chi connectivity index (χ0n) is 16.6. The first-order valence-corrected chi connectivity index (χ1v) is 10.7. The van der Waals surface area contributed by atoms with Gasteiger partial charge in [0.2, 0.25) is 11.8 Å². The molecule has 3 rings (SSSR count). The van der Waals surface area contributed by atoms with Crippen LogP contribution in [-0.4, -0.2) is 40.3 Å². The van der Waals surface area contributed by atoms with E-state index in [9.17, 15) is 9.59 Å². The minimum atomic E-state index is -0.534. The standard InChI is InChI=1S/C21H28N4O2S/c1-4-17(22)21(27)25-11-5-6-18(25)20(26)24-13(2)15-7-9-16(10-8-15)19-14(3)23-12-28-19/h7-10,12-13,17-18H,4-6,11,22H2,1-3H3,(H,24,26). The zero-order valence-corrected chi connectivity index (χ0v) is 17.5. The molecule has 0 spiro atoms. The van der Waals surface area contributed by atoms with Gasteiger partial charge >= 0.3 is 0 Å². The van der Waals surface area contributed by atoms with Crippen LogP contribution in [-0.2, 0) is 9.59 Å². The molecule has 1 fully saturated rings. The van der Waals surface area contributed by atoms with Crippen LogP contribution in [0.2, 0.25) is 0 Å². The monoisotopic (exact) mass is 400 g/mol. The minimum absolute atomic E-state index is 0.107. The Bertz CT molecular complexity index is 833. The molecule has 3 atom stereocenters. The first-order chi connectivity index (χ1) is 13.4. The Labute approximate surface area is 170 Å². The van der Waals surface area contributed by atoms with Crippen LogP contribution in [0, 0.1) is 6.92 Å². The predicted octanol–water partition coefficient (Wildman–Crippen LogP) is 3.02. The molecule has 28 heavy (non-hydrogen) atoms. The van der Waals surface area contributed by atoms with Crippen molar-refractivity contribution in [1.82, 2.24) is 15.2 Å². The van der Waals surface area contributed by atoms with Crippen molar-refractivity contribution in [2.45, 2.75) is 58.2 Å². The number of nitrogens with two attached hydrogens (primary N) is 1. The van der Waals surface area contributed by atoms with Crippen molar-refractivity contribution in [3.05, 3.63) is 41.0 Å². The lowest BCUT2D eigenvalue weighted by molar-refractivity contribution is -0.139. The molecule has 1 saturated heterocycles. The molecule has 150 valence electrons.